The quantitative estimate of drug-likeness (QED) is 0.203. The molecule has 2 aliphatic heterocycles. The summed E-state index contributed by atoms with van der Waals surface area (Å²) in [5.74, 6) is -1.44. The molecule has 4 amide bonds. The fraction of sp³-hybridized carbons (Fsp3) is 0.375. The van der Waals surface area contributed by atoms with E-state index in [0.29, 0.717) is 23.6 Å². The van der Waals surface area contributed by atoms with E-state index in [4.69, 9.17) is 5.53 Å². The van der Waals surface area contributed by atoms with Gasteiger partial charge in [-0.2, -0.15) is 0 Å². The Labute approximate surface area is 152 Å². The summed E-state index contributed by atoms with van der Waals surface area (Å²) < 4.78 is 0. The average Bonchev–Trinajstić information content (AvgIpc) is 2.87. The van der Waals surface area contributed by atoms with Crippen molar-refractivity contribution in [1.82, 2.24) is 10.2 Å². The van der Waals surface area contributed by atoms with Crippen molar-refractivity contribution in [2.24, 2.45) is 5.11 Å². The minimum Gasteiger partial charge on any atom is -0.295 e. The number of hydrogen-bond acceptors (Lipinski definition) is 6. The van der Waals surface area contributed by atoms with Crippen molar-refractivity contribution < 1.29 is 19.2 Å². The number of fused-ring (bicyclic) bond motifs is 1. The molecule has 0 saturated carbocycles. The molecular formula is C16H15N5O4S. The van der Waals surface area contributed by atoms with Crippen LogP contribution in [0.15, 0.2) is 28.2 Å². The van der Waals surface area contributed by atoms with Gasteiger partial charge >= 0.3 is 0 Å². The van der Waals surface area contributed by atoms with Gasteiger partial charge < -0.3 is 0 Å². The zero-order valence-electron chi connectivity index (χ0n) is 13.7. The molecule has 1 aromatic rings. The second kappa shape index (κ2) is 7.59. The molecule has 1 saturated heterocycles. The first-order valence-electron chi connectivity index (χ1n) is 8.03. The number of carbonyl (C=O) groups is 4. The highest BCUT2D eigenvalue weighted by Crippen LogP contribution is 2.34. The van der Waals surface area contributed by atoms with Gasteiger partial charge in [-0.1, -0.05) is 11.2 Å². The summed E-state index contributed by atoms with van der Waals surface area (Å²) in [5, 5.41) is 5.63. The van der Waals surface area contributed by atoms with Crippen LogP contribution in [0.1, 0.15) is 40.0 Å². The van der Waals surface area contributed by atoms with E-state index in [1.54, 1.807) is 18.2 Å². The van der Waals surface area contributed by atoms with Crippen LogP contribution in [0.3, 0.4) is 0 Å². The molecule has 1 aromatic carbocycles. The first-order valence-corrected chi connectivity index (χ1v) is 9.01. The highest BCUT2D eigenvalue weighted by atomic mass is 32.2. The normalized spacial score (nSPS) is 19.2. The predicted molar refractivity (Wildman–Crippen MR) is 92.5 cm³/mol. The molecule has 26 heavy (non-hydrogen) atoms. The number of hydrogen-bond donors (Lipinski definition) is 1. The fourth-order valence-corrected chi connectivity index (χ4v) is 3.98. The lowest BCUT2D eigenvalue weighted by atomic mass is 10.0. The highest BCUT2D eigenvalue weighted by Gasteiger charge is 2.45. The molecule has 1 atom stereocenters. The first-order chi connectivity index (χ1) is 12.5. The Hall–Kier alpha value is -2.84. The summed E-state index contributed by atoms with van der Waals surface area (Å²) in [5.41, 5.74) is 8.83. The Morgan fingerprint density at radius 2 is 2.08 bits per heavy atom. The van der Waals surface area contributed by atoms with E-state index in [0.717, 1.165) is 4.90 Å². The fourth-order valence-electron chi connectivity index (χ4n) is 2.97. The van der Waals surface area contributed by atoms with Gasteiger partial charge in [0.1, 0.15) is 6.04 Å². The van der Waals surface area contributed by atoms with Crippen LogP contribution in [0.4, 0.5) is 0 Å². The zero-order valence-corrected chi connectivity index (χ0v) is 14.5. The van der Waals surface area contributed by atoms with Gasteiger partial charge in [0, 0.05) is 22.8 Å². The van der Waals surface area contributed by atoms with Gasteiger partial charge in [0.25, 0.3) is 11.8 Å². The van der Waals surface area contributed by atoms with Crippen molar-refractivity contribution in [2.75, 3.05) is 12.3 Å². The molecule has 134 valence electrons. The Kier molecular flexibility index (Phi) is 5.24. The third kappa shape index (κ3) is 3.29. The molecular weight excluding hydrogens is 358 g/mol. The molecule has 1 N–H and O–H groups in total. The third-order valence-corrected chi connectivity index (χ3v) is 5.30. The monoisotopic (exact) mass is 373 g/mol. The molecule has 10 heteroatoms. The van der Waals surface area contributed by atoms with Crippen molar-refractivity contribution in [1.29, 1.82) is 0 Å². The van der Waals surface area contributed by atoms with E-state index in [2.05, 4.69) is 15.3 Å². The van der Waals surface area contributed by atoms with E-state index in [1.165, 1.54) is 11.8 Å². The molecule has 2 heterocycles. The number of piperidine rings is 1. The van der Waals surface area contributed by atoms with Crippen LogP contribution in [-0.2, 0) is 9.59 Å². The van der Waals surface area contributed by atoms with Crippen molar-refractivity contribution >= 4 is 35.4 Å². The number of amides is 4. The van der Waals surface area contributed by atoms with E-state index >= 15 is 0 Å². The van der Waals surface area contributed by atoms with Crippen molar-refractivity contribution in [3.8, 4) is 0 Å². The topological polar surface area (TPSA) is 132 Å². The number of azide groups is 1. The number of imide groups is 2. The second-order valence-electron chi connectivity index (χ2n) is 5.78. The van der Waals surface area contributed by atoms with Gasteiger partial charge in [-0.05, 0) is 36.3 Å². The number of rotatable bonds is 6. The summed E-state index contributed by atoms with van der Waals surface area (Å²) in [4.78, 5) is 53.2. The van der Waals surface area contributed by atoms with Gasteiger partial charge in [0.05, 0.1) is 11.1 Å². The number of nitrogens with one attached hydrogen (secondary N) is 1. The molecule has 0 radical (unpaired) electrons. The molecule has 0 bridgehead atoms. The van der Waals surface area contributed by atoms with Crippen LogP contribution in [-0.4, -0.2) is 46.9 Å². The number of thioether (sulfide) groups is 1. The molecule has 1 unspecified atom stereocenters. The lowest BCUT2D eigenvalue weighted by molar-refractivity contribution is -0.136. The van der Waals surface area contributed by atoms with Crippen molar-refractivity contribution in [3.63, 3.8) is 0 Å². The largest absolute Gasteiger partial charge is 0.295 e. The Morgan fingerprint density at radius 3 is 2.81 bits per heavy atom. The van der Waals surface area contributed by atoms with Gasteiger partial charge in [0.2, 0.25) is 11.8 Å². The van der Waals surface area contributed by atoms with E-state index in [-0.39, 0.29) is 24.0 Å². The van der Waals surface area contributed by atoms with Crippen LogP contribution in [0, 0.1) is 0 Å². The maximum absolute atomic E-state index is 12.8. The summed E-state index contributed by atoms with van der Waals surface area (Å²) >= 11 is 1.39. The molecule has 0 spiro atoms. The van der Waals surface area contributed by atoms with Gasteiger partial charge in [0.15, 0.2) is 0 Å². The summed E-state index contributed by atoms with van der Waals surface area (Å²) in [6.07, 6.45) is 0.854. The molecule has 0 aromatic heterocycles. The number of carbonyl (C=O) groups excluding carboxylic acids is 4. The Morgan fingerprint density at radius 1 is 1.27 bits per heavy atom. The molecule has 0 aliphatic carbocycles. The number of nitrogens with zero attached hydrogens (tertiary/aromatic N) is 4. The molecule has 1 fully saturated rings. The molecule has 2 aliphatic rings. The van der Waals surface area contributed by atoms with Crippen LogP contribution >= 0.6 is 11.8 Å². The van der Waals surface area contributed by atoms with Crippen molar-refractivity contribution in [2.45, 2.75) is 30.2 Å². The van der Waals surface area contributed by atoms with Crippen LogP contribution in [0.5, 0.6) is 0 Å². The highest BCUT2D eigenvalue weighted by molar-refractivity contribution is 7.99. The standard InChI is InChI=1S/C16H15N5O4S/c17-20-18-7-2-8-26-11-4-1-3-9-13(11)16(25)21(15(9)24)10-5-6-12(22)19-14(10)23/h1,3-4,10H,2,5-8H2,(H,19,22,23). The van der Waals surface area contributed by atoms with Crippen LogP contribution in [0.25, 0.3) is 10.4 Å². The van der Waals surface area contributed by atoms with Crippen LogP contribution < -0.4 is 5.32 Å². The second-order valence-corrected chi connectivity index (χ2v) is 6.92. The maximum Gasteiger partial charge on any atom is 0.263 e. The maximum atomic E-state index is 12.8. The predicted octanol–water partition coefficient (Wildman–Crippen LogP) is 1.88. The minimum atomic E-state index is -0.970. The molecule has 3 rings (SSSR count). The van der Waals surface area contributed by atoms with Crippen molar-refractivity contribution in [3.05, 3.63) is 39.8 Å². The van der Waals surface area contributed by atoms with Gasteiger partial charge in [-0.25, -0.2) is 0 Å². The lowest BCUT2D eigenvalue weighted by Crippen LogP contribution is -2.54. The Bertz CT molecular complexity index is 849. The SMILES string of the molecule is [N-]=[N+]=NCCCSc1cccc2c1C(=O)N(C1CCC(=O)NC1=O)C2=O. The summed E-state index contributed by atoms with van der Waals surface area (Å²) in [6, 6.07) is 4.03. The van der Waals surface area contributed by atoms with E-state index in [9.17, 15) is 19.2 Å². The first kappa shape index (κ1) is 18.0. The molecule has 9 nitrogen and oxygen atoms in total. The summed E-state index contributed by atoms with van der Waals surface area (Å²) in [6.45, 7) is 0.355. The summed E-state index contributed by atoms with van der Waals surface area (Å²) in [7, 11) is 0. The van der Waals surface area contributed by atoms with E-state index < -0.39 is 29.7 Å². The smallest absolute Gasteiger partial charge is 0.263 e. The van der Waals surface area contributed by atoms with Gasteiger partial charge in [-0.3, -0.25) is 29.4 Å². The van der Waals surface area contributed by atoms with Gasteiger partial charge in [-0.15, -0.1) is 11.8 Å². The Balaban J connectivity index is 1.81. The lowest BCUT2D eigenvalue weighted by Gasteiger charge is -2.27. The zero-order chi connectivity index (χ0) is 18.7. The average molecular weight is 373 g/mol. The van der Waals surface area contributed by atoms with Crippen LogP contribution in [0.2, 0.25) is 0 Å². The minimum absolute atomic E-state index is 0.0881. The number of benzene rings is 1. The third-order valence-electron chi connectivity index (χ3n) is 4.15. The van der Waals surface area contributed by atoms with E-state index in [1.807, 2.05) is 0 Å².